The van der Waals surface area contributed by atoms with Crippen molar-refractivity contribution in [3.8, 4) is 0 Å². The highest BCUT2D eigenvalue weighted by atomic mass is 19.1. The van der Waals surface area contributed by atoms with Crippen LogP contribution in [0.3, 0.4) is 0 Å². The number of nitrogens with two attached hydrogens (primary N) is 1. The summed E-state index contributed by atoms with van der Waals surface area (Å²) in [6.07, 6.45) is 3.80. The first-order valence-corrected chi connectivity index (χ1v) is 7.35. The number of nitrogens with zero attached hydrogens (tertiary/aromatic N) is 1. The van der Waals surface area contributed by atoms with Crippen LogP contribution in [0, 0.1) is 18.7 Å². The number of hydrogen-bond acceptors (Lipinski definition) is 2. The van der Waals surface area contributed by atoms with Crippen molar-refractivity contribution >= 4 is 0 Å². The van der Waals surface area contributed by atoms with Crippen molar-refractivity contribution in [3.05, 3.63) is 35.1 Å². The number of aryl methyl sites for hydroxylation is 1. The molecule has 3 heteroatoms. The second-order valence-electron chi connectivity index (χ2n) is 5.67. The van der Waals surface area contributed by atoms with Gasteiger partial charge in [-0.2, -0.15) is 0 Å². The van der Waals surface area contributed by atoms with E-state index in [4.69, 9.17) is 5.73 Å². The average molecular weight is 264 g/mol. The summed E-state index contributed by atoms with van der Waals surface area (Å²) in [7, 11) is 0. The lowest BCUT2D eigenvalue weighted by Gasteiger charge is -2.38. The van der Waals surface area contributed by atoms with E-state index in [0.29, 0.717) is 12.1 Å². The maximum absolute atomic E-state index is 13.4. The molecule has 2 atom stereocenters. The van der Waals surface area contributed by atoms with Crippen molar-refractivity contribution in [1.82, 2.24) is 4.90 Å². The van der Waals surface area contributed by atoms with Crippen LogP contribution in [0.25, 0.3) is 0 Å². The number of benzene rings is 1. The first kappa shape index (κ1) is 14.5. The lowest BCUT2D eigenvalue weighted by atomic mass is 9.92. The Kier molecular flexibility index (Phi) is 4.94. The van der Waals surface area contributed by atoms with Crippen LogP contribution < -0.4 is 5.73 Å². The van der Waals surface area contributed by atoms with E-state index in [1.807, 2.05) is 19.1 Å². The van der Waals surface area contributed by atoms with Gasteiger partial charge >= 0.3 is 0 Å². The van der Waals surface area contributed by atoms with Crippen LogP contribution in [0.15, 0.2) is 18.2 Å². The van der Waals surface area contributed by atoms with Crippen LogP contribution in [-0.2, 0) is 0 Å². The number of halogens is 1. The van der Waals surface area contributed by atoms with Gasteiger partial charge in [0.1, 0.15) is 5.82 Å². The Labute approximate surface area is 115 Å². The highest BCUT2D eigenvalue weighted by Gasteiger charge is 2.25. The summed E-state index contributed by atoms with van der Waals surface area (Å²) in [5.74, 6) is 0.647. The van der Waals surface area contributed by atoms with Crippen molar-refractivity contribution in [1.29, 1.82) is 0 Å². The van der Waals surface area contributed by atoms with Crippen LogP contribution in [0.1, 0.15) is 43.4 Å². The summed E-state index contributed by atoms with van der Waals surface area (Å²) in [5.41, 5.74) is 7.83. The van der Waals surface area contributed by atoms with Crippen molar-refractivity contribution in [2.45, 2.75) is 39.2 Å². The zero-order valence-electron chi connectivity index (χ0n) is 12.0. The molecule has 1 aromatic carbocycles. The highest BCUT2D eigenvalue weighted by molar-refractivity contribution is 5.27. The fourth-order valence-electron chi connectivity index (χ4n) is 3.08. The minimum absolute atomic E-state index is 0.135. The van der Waals surface area contributed by atoms with Crippen LogP contribution in [0.2, 0.25) is 0 Å². The molecule has 1 aliphatic rings. The Bertz CT molecular complexity index is 419. The maximum atomic E-state index is 13.4. The van der Waals surface area contributed by atoms with Crippen LogP contribution in [-0.4, -0.2) is 24.5 Å². The van der Waals surface area contributed by atoms with Crippen molar-refractivity contribution in [2.24, 2.45) is 11.7 Å². The highest BCUT2D eigenvalue weighted by Crippen LogP contribution is 2.28. The SMILES string of the molecule is CCC1CCCN(C(CN)c2ccc(F)c(C)c2)C1. The van der Waals surface area contributed by atoms with Gasteiger partial charge in [0, 0.05) is 19.1 Å². The predicted octanol–water partition coefficient (Wildman–Crippen LogP) is 3.26. The predicted molar refractivity (Wildman–Crippen MR) is 77.5 cm³/mol. The third kappa shape index (κ3) is 3.34. The van der Waals surface area contributed by atoms with E-state index in [1.54, 1.807) is 6.07 Å². The summed E-state index contributed by atoms with van der Waals surface area (Å²) in [4.78, 5) is 2.48. The summed E-state index contributed by atoms with van der Waals surface area (Å²) >= 11 is 0. The Morgan fingerprint density at radius 1 is 1.47 bits per heavy atom. The van der Waals surface area contributed by atoms with Gasteiger partial charge in [0.25, 0.3) is 0 Å². The van der Waals surface area contributed by atoms with Crippen LogP contribution >= 0.6 is 0 Å². The lowest BCUT2D eigenvalue weighted by molar-refractivity contribution is 0.124. The number of hydrogen-bond donors (Lipinski definition) is 1. The molecule has 106 valence electrons. The Balaban J connectivity index is 2.16. The van der Waals surface area contributed by atoms with Crippen molar-refractivity contribution < 1.29 is 4.39 Å². The van der Waals surface area contributed by atoms with E-state index in [2.05, 4.69) is 11.8 Å². The van der Waals surface area contributed by atoms with E-state index < -0.39 is 0 Å². The molecule has 0 spiro atoms. The molecular weight excluding hydrogens is 239 g/mol. The molecule has 1 aromatic rings. The Hall–Kier alpha value is -0.930. The molecule has 0 aliphatic carbocycles. The van der Waals surface area contributed by atoms with Gasteiger partial charge in [0.2, 0.25) is 0 Å². The van der Waals surface area contributed by atoms with Crippen LogP contribution in [0.5, 0.6) is 0 Å². The molecule has 0 bridgehead atoms. The molecule has 0 amide bonds. The van der Waals surface area contributed by atoms with Gasteiger partial charge in [-0.1, -0.05) is 25.5 Å². The standard InChI is InChI=1S/C16H25FN2/c1-3-13-5-4-8-19(11-13)16(10-18)14-6-7-15(17)12(2)9-14/h6-7,9,13,16H,3-5,8,10-11,18H2,1-2H3. The molecule has 0 saturated carbocycles. The monoisotopic (exact) mass is 264 g/mol. The number of piperidine rings is 1. The number of likely N-dealkylation sites (tertiary alicyclic amines) is 1. The smallest absolute Gasteiger partial charge is 0.126 e. The number of rotatable bonds is 4. The third-order valence-corrected chi connectivity index (χ3v) is 4.36. The molecule has 0 aromatic heterocycles. The second-order valence-corrected chi connectivity index (χ2v) is 5.67. The van der Waals surface area contributed by atoms with Crippen LogP contribution in [0.4, 0.5) is 4.39 Å². The van der Waals surface area contributed by atoms with E-state index in [9.17, 15) is 4.39 Å². The molecular formula is C16H25FN2. The summed E-state index contributed by atoms with van der Waals surface area (Å²) in [5, 5.41) is 0. The first-order chi connectivity index (χ1) is 9.15. The molecule has 1 heterocycles. The fraction of sp³-hybridized carbons (Fsp3) is 0.625. The van der Waals surface area contributed by atoms with Gasteiger partial charge in [-0.25, -0.2) is 4.39 Å². The van der Waals surface area contributed by atoms with Crippen molar-refractivity contribution in [3.63, 3.8) is 0 Å². The Morgan fingerprint density at radius 3 is 2.89 bits per heavy atom. The summed E-state index contributed by atoms with van der Waals surface area (Å²) in [6, 6.07) is 5.63. The van der Waals surface area contributed by atoms with Gasteiger partial charge < -0.3 is 5.73 Å². The molecule has 2 N–H and O–H groups in total. The minimum atomic E-state index is -0.135. The van der Waals surface area contributed by atoms with Crippen molar-refractivity contribution in [2.75, 3.05) is 19.6 Å². The lowest BCUT2D eigenvalue weighted by Crippen LogP contribution is -2.41. The normalized spacial score (nSPS) is 22.4. The second kappa shape index (κ2) is 6.49. The van der Waals surface area contributed by atoms with E-state index in [-0.39, 0.29) is 11.9 Å². The molecule has 0 radical (unpaired) electrons. The first-order valence-electron chi connectivity index (χ1n) is 7.35. The zero-order chi connectivity index (χ0) is 13.8. The average Bonchev–Trinajstić information content (AvgIpc) is 2.44. The Morgan fingerprint density at radius 2 is 2.26 bits per heavy atom. The van der Waals surface area contributed by atoms with Gasteiger partial charge in [0.05, 0.1) is 0 Å². The minimum Gasteiger partial charge on any atom is -0.329 e. The molecule has 2 nitrogen and oxygen atoms in total. The van der Waals surface area contributed by atoms with E-state index in [1.165, 1.54) is 19.3 Å². The topological polar surface area (TPSA) is 29.3 Å². The zero-order valence-corrected chi connectivity index (χ0v) is 12.0. The molecule has 1 saturated heterocycles. The maximum Gasteiger partial charge on any atom is 0.126 e. The molecule has 1 aliphatic heterocycles. The summed E-state index contributed by atoms with van der Waals surface area (Å²) < 4.78 is 13.4. The molecule has 2 unspecified atom stereocenters. The molecule has 1 fully saturated rings. The summed E-state index contributed by atoms with van der Waals surface area (Å²) in [6.45, 7) is 6.90. The van der Waals surface area contributed by atoms with Gasteiger partial charge in [0.15, 0.2) is 0 Å². The fourth-order valence-corrected chi connectivity index (χ4v) is 3.08. The van der Waals surface area contributed by atoms with Gasteiger partial charge in [-0.15, -0.1) is 0 Å². The van der Waals surface area contributed by atoms with Gasteiger partial charge in [-0.05, 0) is 49.4 Å². The van der Waals surface area contributed by atoms with E-state index in [0.717, 1.165) is 24.6 Å². The molecule has 2 rings (SSSR count). The van der Waals surface area contributed by atoms with E-state index >= 15 is 0 Å². The molecule has 19 heavy (non-hydrogen) atoms. The van der Waals surface area contributed by atoms with Gasteiger partial charge in [-0.3, -0.25) is 4.90 Å². The third-order valence-electron chi connectivity index (χ3n) is 4.36. The largest absolute Gasteiger partial charge is 0.329 e. The quantitative estimate of drug-likeness (QED) is 0.904.